The van der Waals surface area contributed by atoms with Crippen molar-refractivity contribution in [3.05, 3.63) is 41.6 Å². The van der Waals surface area contributed by atoms with E-state index in [0.717, 1.165) is 24.0 Å². The molecule has 5 heteroatoms. The van der Waals surface area contributed by atoms with Gasteiger partial charge in [-0.1, -0.05) is 35.0 Å². The molecule has 5 nitrogen and oxygen atoms in total. The Hall–Kier alpha value is -2.14. The summed E-state index contributed by atoms with van der Waals surface area (Å²) in [5, 5.41) is 13.5. The Morgan fingerprint density at radius 2 is 2.14 bits per heavy atom. The van der Waals surface area contributed by atoms with Gasteiger partial charge in [0.2, 0.25) is 0 Å². The fraction of sp³-hybridized carbons (Fsp3) is 0.375. The molecule has 0 spiro atoms. The summed E-state index contributed by atoms with van der Waals surface area (Å²) >= 11 is 0. The van der Waals surface area contributed by atoms with E-state index in [2.05, 4.69) is 5.16 Å². The molecule has 1 aromatic heterocycles. The number of carbonyl (C=O) groups is 1. The van der Waals surface area contributed by atoms with Crippen LogP contribution < -0.4 is 0 Å². The standard InChI is InChI=1S/C16H18N2O3/c1-11-4-6-12(7-5-11)15-14(9-17-21-15)16(20)18-8-2-3-13(19)10-18/h4-7,9,13,19H,2-3,8,10H2,1H3. The van der Waals surface area contributed by atoms with Crippen LogP contribution in [-0.4, -0.2) is 40.3 Å². The maximum atomic E-state index is 12.6. The lowest BCUT2D eigenvalue weighted by atomic mass is 10.0. The zero-order chi connectivity index (χ0) is 14.8. The monoisotopic (exact) mass is 286 g/mol. The van der Waals surface area contributed by atoms with E-state index in [4.69, 9.17) is 4.52 Å². The number of aromatic nitrogens is 1. The number of likely N-dealkylation sites (tertiary alicyclic amines) is 1. The summed E-state index contributed by atoms with van der Waals surface area (Å²) in [6, 6.07) is 7.77. The van der Waals surface area contributed by atoms with Crippen LogP contribution in [0.5, 0.6) is 0 Å². The van der Waals surface area contributed by atoms with Gasteiger partial charge in [0.1, 0.15) is 5.56 Å². The maximum absolute atomic E-state index is 12.6. The van der Waals surface area contributed by atoms with Gasteiger partial charge in [-0.25, -0.2) is 0 Å². The van der Waals surface area contributed by atoms with Crippen LogP contribution >= 0.6 is 0 Å². The zero-order valence-electron chi connectivity index (χ0n) is 12.0. The molecule has 1 aromatic carbocycles. The van der Waals surface area contributed by atoms with E-state index in [-0.39, 0.29) is 5.91 Å². The highest BCUT2D eigenvalue weighted by Gasteiger charge is 2.27. The summed E-state index contributed by atoms with van der Waals surface area (Å²) in [5.41, 5.74) is 2.43. The van der Waals surface area contributed by atoms with Crippen molar-refractivity contribution in [1.82, 2.24) is 10.1 Å². The molecule has 1 aliphatic heterocycles. The lowest BCUT2D eigenvalue weighted by molar-refractivity contribution is 0.0474. The number of amides is 1. The van der Waals surface area contributed by atoms with E-state index in [9.17, 15) is 9.90 Å². The number of rotatable bonds is 2. The molecular formula is C16H18N2O3. The van der Waals surface area contributed by atoms with E-state index in [1.165, 1.54) is 6.20 Å². The van der Waals surface area contributed by atoms with Crippen molar-refractivity contribution >= 4 is 5.91 Å². The highest BCUT2D eigenvalue weighted by Crippen LogP contribution is 2.26. The summed E-state index contributed by atoms with van der Waals surface area (Å²) in [6.07, 6.45) is 2.58. The number of β-amino-alcohol motifs (C(OH)–C–C–N with tert-alkyl or cyclic N) is 1. The van der Waals surface area contributed by atoms with Crippen LogP contribution in [0.2, 0.25) is 0 Å². The molecule has 110 valence electrons. The Morgan fingerprint density at radius 1 is 1.38 bits per heavy atom. The molecule has 0 radical (unpaired) electrons. The molecule has 1 N–H and O–H groups in total. The molecule has 2 aromatic rings. The third-order valence-electron chi connectivity index (χ3n) is 3.80. The molecular weight excluding hydrogens is 268 g/mol. The molecule has 3 rings (SSSR count). The molecule has 1 unspecified atom stereocenters. The van der Waals surface area contributed by atoms with Gasteiger partial charge in [0, 0.05) is 18.7 Å². The van der Waals surface area contributed by atoms with Gasteiger partial charge >= 0.3 is 0 Å². The Bertz CT molecular complexity index is 633. The number of nitrogens with zero attached hydrogens (tertiary/aromatic N) is 2. The molecule has 2 heterocycles. The minimum absolute atomic E-state index is 0.134. The van der Waals surface area contributed by atoms with Gasteiger partial charge in [-0.3, -0.25) is 4.79 Å². The number of hydrogen-bond donors (Lipinski definition) is 1. The molecule has 21 heavy (non-hydrogen) atoms. The Kier molecular flexibility index (Phi) is 3.75. The highest BCUT2D eigenvalue weighted by molar-refractivity contribution is 5.99. The number of piperidine rings is 1. The second-order valence-electron chi connectivity index (χ2n) is 5.48. The first-order valence-corrected chi connectivity index (χ1v) is 7.14. The highest BCUT2D eigenvalue weighted by atomic mass is 16.5. The van der Waals surface area contributed by atoms with Crippen molar-refractivity contribution in [3.63, 3.8) is 0 Å². The van der Waals surface area contributed by atoms with Gasteiger partial charge < -0.3 is 14.5 Å². The number of aliphatic hydroxyl groups is 1. The molecule has 1 aliphatic rings. The number of hydrogen-bond acceptors (Lipinski definition) is 4. The average Bonchev–Trinajstić information content (AvgIpc) is 2.96. The Balaban J connectivity index is 1.88. The number of aliphatic hydroxyl groups excluding tert-OH is 1. The summed E-state index contributed by atoms with van der Waals surface area (Å²) in [7, 11) is 0. The second-order valence-corrected chi connectivity index (χ2v) is 5.48. The van der Waals surface area contributed by atoms with Crippen LogP contribution in [0.1, 0.15) is 28.8 Å². The molecule has 0 aliphatic carbocycles. The van der Waals surface area contributed by atoms with Crippen LogP contribution in [0, 0.1) is 6.92 Å². The van der Waals surface area contributed by atoms with E-state index >= 15 is 0 Å². The van der Waals surface area contributed by atoms with Gasteiger partial charge in [0.05, 0.1) is 12.3 Å². The first-order valence-electron chi connectivity index (χ1n) is 7.14. The predicted octanol–water partition coefficient (Wildman–Crippen LogP) is 2.25. The minimum Gasteiger partial charge on any atom is -0.391 e. The molecule has 1 fully saturated rings. The topological polar surface area (TPSA) is 66.6 Å². The van der Waals surface area contributed by atoms with Crippen molar-refractivity contribution in [3.8, 4) is 11.3 Å². The third-order valence-corrected chi connectivity index (χ3v) is 3.80. The first-order chi connectivity index (χ1) is 10.1. The SMILES string of the molecule is Cc1ccc(-c2oncc2C(=O)N2CCCC(O)C2)cc1. The third kappa shape index (κ3) is 2.83. The van der Waals surface area contributed by atoms with E-state index < -0.39 is 6.10 Å². The molecule has 0 bridgehead atoms. The van der Waals surface area contributed by atoms with E-state index in [0.29, 0.717) is 24.4 Å². The van der Waals surface area contributed by atoms with Crippen molar-refractivity contribution in [2.24, 2.45) is 0 Å². The van der Waals surface area contributed by atoms with Gasteiger partial charge in [-0.05, 0) is 19.8 Å². The van der Waals surface area contributed by atoms with Crippen LogP contribution in [0.25, 0.3) is 11.3 Å². The number of carbonyl (C=O) groups excluding carboxylic acids is 1. The van der Waals surface area contributed by atoms with Gasteiger partial charge in [0.15, 0.2) is 5.76 Å². The van der Waals surface area contributed by atoms with Crippen molar-refractivity contribution in [2.45, 2.75) is 25.9 Å². The quantitative estimate of drug-likeness (QED) is 0.919. The summed E-state index contributed by atoms with van der Waals surface area (Å²) in [5.74, 6) is 0.352. The largest absolute Gasteiger partial charge is 0.391 e. The molecule has 1 saturated heterocycles. The van der Waals surface area contributed by atoms with Crippen molar-refractivity contribution in [2.75, 3.05) is 13.1 Å². The maximum Gasteiger partial charge on any atom is 0.259 e. The predicted molar refractivity (Wildman–Crippen MR) is 77.8 cm³/mol. The van der Waals surface area contributed by atoms with Crippen LogP contribution in [0.15, 0.2) is 35.0 Å². The number of benzene rings is 1. The summed E-state index contributed by atoms with van der Waals surface area (Å²) in [4.78, 5) is 14.2. The van der Waals surface area contributed by atoms with Gasteiger partial charge in [-0.2, -0.15) is 0 Å². The van der Waals surface area contributed by atoms with Gasteiger partial charge in [-0.15, -0.1) is 0 Å². The zero-order valence-corrected chi connectivity index (χ0v) is 12.0. The Labute approximate surface area is 123 Å². The van der Waals surface area contributed by atoms with Crippen molar-refractivity contribution < 1.29 is 14.4 Å². The first kappa shape index (κ1) is 13.8. The van der Waals surface area contributed by atoms with Gasteiger partial charge in [0.25, 0.3) is 5.91 Å². The van der Waals surface area contributed by atoms with E-state index in [1.807, 2.05) is 31.2 Å². The molecule has 1 atom stereocenters. The fourth-order valence-corrected chi connectivity index (χ4v) is 2.61. The second kappa shape index (κ2) is 5.69. The van der Waals surface area contributed by atoms with Crippen molar-refractivity contribution in [1.29, 1.82) is 0 Å². The molecule has 1 amide bonds. The lowest BCUT2D eigenvalue weighted by Gasteiger charge is -2.29. The van der Waals surface area contributed by atoms with Crippen LogP contribution in [0.3, 0.4) is 0 Å². The number of aryl methyl sites for hydroxylation is 1. The summed E-state index contributed by atoms with van der Waals surface area (Å²) in [6.45, 7) is 3.04. The summed E-state index contributed by atoms with van der Waals surface area (Å²) < 4.78 is 5.27. The Morgan fingerprint density at radius 3 is 2.86 bits per heavy atom. The fourth-order valence-electron chi connectivity index (χ4n) is 2.61. The minimum atomic E-state index is -0.439. The lowest BCUT2D eigenvalue weighted by Crippen LogP contribution is -2.42. The van der Waals surface area contributed by atoms with Crippen LogP contribution in [0.4, 0.5) is 0 Å². The molecule has 0 saturated carbocycles. The average molecular weight is 286 g/mol. The normalized spacial score (nSPS) is 18.8. The van der Waals surface area contributed by atoms with Crippen LogP contribution in [-0.2, 0) is 0 Å². The van der Waals surface area contributed by atoms with E-state index in [1.54, 1.807) is 4.90 Å². The smallest absolute Gasteiger partial charge is 0.259 e.